The Labute approximate surface area is 99.1 Å². The molecule has 1 aromatic carbocycles. The Hall–Kier alpha value is -1.49. The summed E-state index contributed by atoms with van der Waals surface area (Å²) in [5.41, 5.74) is 2.48. The lowest BCUT2D eigenvalue weighted by Crippen LogP contribution is -2.08. The fraction of sp³-hybridized carbons (Fsp3) is 0.364. The molecular weight excluding hydrogens is 220 g/mol. The highest BCUT2D eigenvalue weighted by atomic mass is 32.1. The van der Waals surface area contributed by atoms with E-state index in [4.69, 9.17) is 0 Å². The van der Waals surface area contributed by atoms with E-state index < -0.39 is 0 Å². The molecule has 0 aliphatic rings. The standard InChI is InChI=1S/C11H14N4S/c1-3-4-9-5-7-10(8-6-9)15(2)11-12-13-14-16-11/h5-8H,3-4H2,1-2H3. The minimum absolute atomic E-state index is 0.809. The molecule has 1 heterocycles. The zero-order valence-electron chi connectivity index (χ0n) is 9.42. The number of aryl methyl sites for hydroxylation is 1. The van der Waals surface area contributed by atoms with E-state index in [2.05, 4.69) is 46.0 Å². The average Bonchev–Trinajstić information content (AvgIpc) is 2.83. The zero-order chi connectivity index (χ0) is 11.4. The molecule has 0 fully saturated rings. The fourth-order valence-electron chi connectivity index (χ4n) is 1.54. The highest BCUT2D eigenvalue weighted by Crippen LogP contribution is 2.23. The summed E-state index contributed by atoms with van der Waals surface area (Å²) < 4.78 is 3.75. The minimum atomic E-state index is 0.809. The number of nitrogens with zero attached hydrogens (tertiary/aromatic N) is 4. The van der Waals surface area contributed by atoms with Crippen LogP contribution >= 0.6 is 11.5 Å². The van der Waals surface area contributed by atoms with Gasteiger partial charge in [0.1, 0.15) is 0 Å². The molecule has 5 heteroatoms. The summed E-state index contributed by atoms with van der Waals surface area (Å²) in [4.78, 5) is 1.99. The quantitative estimate of drug-likeness (QED) is 0.815. The first-order valence-corrected chi connectivity index (χ1v) is 6.06. The van der Waals surface area contributed by atoms with Gasteiger partial charge in [-0.05, 0) is 29.3 Å². The number of aromatic nitrogens is 3. The summed E-state index contributed by atoms with van der Waals surface area (Å²) in [5.74, 6) is 0. The Kier molecular flexibility index (Phi) is 3.46. The lowest BCUT2D eigenvalue weighted by Gasteiger charge is -2.14. The van der Waals surface area contributed by atoms with E-state index in [1.807, 2.05) is 11.9 Å². The summed E-state index contributed by atoms with van der Waals surface area (Å²) in [7, 11) is 1.97. The van der Waals surface area contributed by atoms with Crippen LogP contribution in [-0.2, 0) is 6.42 Å². The molecule has 84 valence electrons. The Morgan fingerprint density at radius 2 is 2.00 bits per heavy atom. The first kappa shape index (κ1) is 11.0. The van der Waals surface area contributed by atoms with Crippen LogP contribution in [-0.4, -0.2) is 21.8 Å². The summed E-state index contributed by atoms with van der Waals surface area (Å²) in [5, 5.41) is 8.34. The van der Waals surface area contributed by atoms with Gasteiger partial charge in [-0.15, -0.1) is 0 Å². The van der Waals surface area contributed by atoms with E-state index in [1.165, 1.54) is 23.5 Å². The zero-order valence-corrected chi connectivity index (χ0v) is 10.2. The smallest absolute Gasteiger partial charge is 0.232 e. The number of rotatable bonds is 4. The summed E-state index contributed by atoms with van der Waals surface area (Å²) >= 11 is 1.29. The van der Waals surface area contributed by atoms with Gasteiger partial charge >= 0.3 is 0 Å². The number of benzene rings is 1. The highest BCUT2D eigenvalue weighted by molar-refractivity contribution is 7.09. The second-order valence-corrected chi connectivity index (χ2v) is 4.33. The van der Waals surface area contributed by atoms with Gasteiger partial charge in [0.2, 0.25) is 5.13 Å². The summed E-state index contributed by atoms with van der Waals surface area (Å²) in [6.07, 6.45) is 2.31. The highest BCUT2D eigenvalue weighted by Gasteiger charge is 2.07. The fourth-order valence-corrected chi connectivity index (χ4v) is 1.99. The SMILES string of the molecule is CCCc1ccc(N(C)c2nnns2)cc1. The van der Waals surface area contributed by atoms with Crippen LogP contribution in [0.1, 0.15) is 18.9 Å². The van der Waals surface area contributed by atoms with Gasteiger partial charge in [0, 0.05) is 24.3 Å². The molecular formula is C11H14N4S. The van der Waals surface area contributed by atoms with Crippen molar-refractivity contribution < 1.29 is 0 Å². The molecule has 2 aromatic rings. The molecule has 0 aliphatic heterocycles. The maximum Gasteiger partial charge on any atom is 0.232 e. The third-order valence-electron chi connectivity index (χ3n) is 2.44. The monoisotopic (exact) mass is 234 g/mol. The van der Waals surface area contributed by atoms with E-state index in [1.54, 1.807) is 0 Å². The van der Waals surface area contributed by atoms with Gasteiger partial charge in [-0.3, -0.25) is 0 Å². The van der Waals surface area contributed by atoms with Gasteiger partial charge in [0.05, 0.1) is 0 Å². The molecule has 0 aliphatic carbocycles. The van der Waals surface area contributed by atoms with Crippen LogP contribution < -0.4 is 4.90 Å². The van der Waals surface area contributed by atoms with E-state index in [0.29, 0.717) is 0 Å². The van der Waals surface area contributed by atoms with Crippen molar-refractivity contribution in [3.8, 4) is 0 Å². The van der Waals surface area contributed by atoms with Crippen molar-refractivity contribution >= 4 is 22.4 Å². The van der Waals surface area contributed by atoms with Crippen LogP contribution in [0, 0.1) is 0 Å². The van der Waals surface area contributed by atoms with E-state index in [0.717, 1.165) is 17.2 Å². The largest absolute Gasteiger partial charge is 0.318 e. The van der Waals surface area contributed by atoms with Gasteiger partial charge < -0.3 is 4.90 Å². The molecule has 0 N–H and O–H groups in total. The molecule has 4 nitrogen and oxygen atoms in total. The van der Waals surface area contributed by atoms with Crippen LogP contribution in [0.15, 0.2) is 24.3 Å². The first-order valence-electron chi connectivity index (χ1n) is 5.29. The molecule has 2 rings (SSSR count). The van der Waals surface area contributed by atoms with Crippen molar-refractivity contribution in [3.05, 3.63) is 29.8 Å². The van der Waals surface area contributed by atoms with Crippen molar-refractivity contribution in [3.63, 3.8) is 0 Å². The predicted molar refractivity (Wildman–Crippen MR) is 66.2 cm³/mol. The Morgan fingerprint density at radius 3 is 2.56 bits per heavy atom. The summed E-state index contributed by atoms with van der Waals surface area (Å²) in [6.45, 7) is 2.19. The molecule has 0 amide bonds. The molecule has 1 aromatic heterocycles. The second kappa shape index (κ2) is 5.03. The molecule has 0 bridgehead atoms. The van der Waals surface area contributed by atoms with Crippen LogP contribution in [0.2, 0.25) is 0 Å². The lowest BCUT2D eigenvalue weighted by atomic mass is 10.1. The van der Waals surface area contributed by atoms with Crippen molar-refractivity contribution in [1.29, 1.82) is 0 Å². The molecule has 0 saturated heterocycles. The van der Waals surface area contributed by atoms with Crippen LogP contribution in [0.3, 0.4) is 0 Å². The third-order valence-corrected chi connectivity index (χ3v) is 3.11. The molecule has 0 radical (unpaired) electrons. The maximum absolute atomic E-state index is 3.93. The molecule has 0 spiro atoms. The van der Waals surface area contributed by atoms with Gasteiger partial charge in [0.25, 0.3) is 0 Å². The molecule has 0 atom stereocenters. The number of hydrogen-bond donors (Lipinski definition) is 0. The van der Waals surface area contributed by atoms with Gasteiger partial charge in [-0.1, -0.05) is 35.1 Å². The average molecular weight is 234 g/mol. The Bertz CT molecular complexity index is 424. The topological polar surface area (TPSA) is 41.9 Å². The maximum atomic E-state index is 3.93. The first-order chi connectivity index (χ1) is 7.81. The minimum Gasteiger partial charge on any atom is -0.318 e. The van der Waals surface area contributed by atoms with Gasteiger partial charge in [-0.2, -0.15) is 0 Å². The Morgan fingerprint density at radius 1 is 1.25 bits per heavy atom. The lowest BCUT2D eigenvalue weighted by molar-refractivity contribution is 0.920. The van der Waals surface area contributed by atoms with E-state index >= 15 is 0 Å². The third kappa shape index (κ3) is 2.36. The van der Waals surface area contributed by atoms with E-state index in [-0.39, 0.29) is 0 Å². The second-order valence-electron chi connectivity index (χ2n) is 3.62. The van der Waals surface area contributed by atoms with Gasteiger partial charge in [-0.25, -0.2) is 0 Å². The number of anilines is 2. The molecule has 16 heavy (non-hydrogen) atoms. The van der Waals surface area contributed by atoms with Crippen LogP contribution in [0.4, 0.5) is 10.8 Å². The Balaban J connectivity index is 2.15. The van der Waals surface area contributed by atoms with Crippen LogP contribution in [0.5, 0.6) is 0 Å². The molecule has 0 saturated carbocycles. The molecule has 0 unspecified atom stereocenters. The van der Waals surface area contributed by atoms with Crippen molar-refractivity contribution in [2.24, 2.45) is 0 Å². The van der Waals surface area contributed by atoms with Crippen molar-refractivity contribution in [1.82, 2.24) is 14.8 Å². The normalized spacial score (nSPS) is 10.4. The van der Waals surface area contributed by atoms with Crippen LogP contribution in [0.25, 0.3) is 0 Å². The van der Waals surface area contributed by atoms with E-state index in [9.17, 15) is 0 Å². The number of hydrogen-bond acceptors (Lipinski definition) is 5. The van der Waals surface area contributed by atoms with Crippen molar-refractivity contribution in [2.75, 3.05) is 11.9 Å². The van der Waals surface area contributed by atoms with Crippen molar-refractivity contribution in [2.45, 2.75) is 19.8 Å². The predicted octanol–water partition coefficient (Wildman–Crippen LogP) is 2.65. The van der Waals surface area contributed by atoms with Gasteiger partial charge in [0.15, 0.2) is 0 Å². The summed E-state index contributed by atoms with van der Waals surface area (Å²) in [6, 6.07) is 8.52.